The maximum Gasteiger partial charge on any atom is 0.260 e. The molecule has 10 nitrogen and oxygen atoms in total. The third-order valence-electron chi connectivity index (χ3n) is 10.9. The number of allylic oxidation sites excluding steroid dienone is 2. The molecule has 0 unspecified atom stereocenters. The Labute approximate surface area is 288 Å². The highest BCUT2D eigenvalue weighted by Gasteiger charge is 2.70. The quantitative estimate of drug-likeness (QED) is 0.130. The summed E-state index contributed by atoms with van der Waals surface area (Å²) in [6.45, 7) is 2.21. The smallest absolute Gasteiger partial charge is 0.260 e. The van der Waals surface area contributed by atoms with Gasteiger partial charge in [0.05, 0.1) is 28.9 Å². The number of hydrogen-bond acceptors (Lipinski definition) is 8. The summed E-state index contributed by atoms with van der Waals surface area (Å²) in [4.78, 5) is 56.2. The molecule has 10 heteroatoms. The molecule has 2 aliphatic heterocycles. The lowest BCUT2D eigenvalue weighted by atomic mass is 9.49. The van der Waals surface area contributed by atoms with Gasteiger partial charge in [-0.25, -0.2) is 0 Å². The number of hydrazine groups is 1. The molecule has 4 aliphatic rings. The fraction of sp³-hybridized carbons (Fsp3) is 0.250. The second kappa shape index (κ2) is 12.0. The van der Waals surface area contributed by atoms with Crippen LogP contribution < -0.4 is 10.2 Å². The summed E-state index contributed by atoms with van der Waals surface area (Å²) in [6.07, 6.45) is 2.12. The number of phenols is 1. The fourth-order valence-corrected chi connectivity index (χ4v) is 8.67. The molecule has 2 heterocycles. The van der Waals surface area contributed by atoms with Crippen molar-refractivity contribution in [2.24, 2.45) is 23.7 Å². The van der Waals surface area contributed by atoms with Gasteiger partial charge in [-0.3, -0.25) is 29.8 Å². The van der Waals surface area contributed by atoms with Crippen LogP contribution in [0, 0.1) is 30.6 Å². The standard InChI is InChI=1S/C40H35N3O7/c1-23-12-14-26(15-13-23)41-42-37(46)32-21-31-28(18-19-30-34(31)38(47)43(49)36(30)45)35(40(32,39(42)48)25-10-6-3-7-11-25)29-17-16-27(20-33(29)44)50-22-24-8-4-2-5-9-24/h2-18,20,30-32,34-35,41,44,49H,19,21-22H2,1H3/t30-,31+,32-,34-,35+,40+/m0/s1. The first-order valence-corrected chi connectivity index (χ1v) is 16.7. The minimum absolute atomic E-state index is 0.0843. The Kier molecular flexibility index (Phi) is 7.56. The summed E-state index contributed by atoms with van der Waals surface area (Å²) in [5, 5.41) is 23.5. The van der Waals surface area contributed by atoms with Crippen LogP contribution in [-0.2, 0) is 31.2 Å². The van der Waals surface area contributed by atoms with Crippen molar-refractivity contribution in [2.45, 2.75) is 37.7 Å². The number of fused-ring (bicyclic) bond motifs is 4. The molecule has 2 saturated heterocycles. The van der Waals surface area contributed by atoms with Crippen molar-refractivity contribution in [3.63, 3.8) is 0 Å². The molecule has 3 fully saturated rings. The Bertz CT molecular complexity index is 2050. The molecular formula is C40H35N3O7. The predicted molar refractivity (Wildman–Crippen MR) is 181 cm³/mol. The SMILES string of the molecule is Cc1ccc(NN2C(=O)[C@@H]3C[C@@H]4C(=CC[C@@H]5C(=O)N(O)C(=O)[C@@H]54)[C@H](c4ccc(OCc5ccccc5)cc4O)[C@]3(c3ccccc3)C2=O)cc1. The number of nitrogens with zero attached hydrogens (tertiary/aromatic N) is 2. The van der Waals surface area contributed by atoms with E-state index >= 15 is 4.79 Å². The van der Waals surface area contributed by atoms with E-state index in [1.165, 1.54) is 6.07 Å². The van der Waals surface area contributed by atoms with Crippen LogP contribution in [0.25, 0.3) is 0 Å². The van der Waals surface area contributed by atoms with E-state index in [9.17, 15) is 24.7 Å². The van der Waals surface area contributed by atoms with E-state index in [0.717, 1.165) is 16.1 Å². The zero-order valence-electron chi connectivity index (χ0n) is 27.2. The van der Waals surface area contributed by atoms with Crippen LogP contribution in [0.1, 0.15) is 41.0 Å². The Balaban J connectivity index is 1.29. The topological polar surface area (TPSA) is 136 Å². The number of rotatable bonds is 7. The summed E-state index contributed by atoms with van der Waals surface area (Å²) in [6, 6.07) is 31.0. The molecule has 0 bridgehead atoms. The molecule has 4 aromatic carbocycles. The number of anilines is 1. The average Bonchev–Trinajstić information content (AvgIpc) is 3.49. The van der Waals surface area contributed by atoms with Crippen molar-refractivity contribution < 1.29 is 34.2 Å². The van der Waals surface area contributed by atoms with Gasteiger partial charge in [0.25, 0.3) is 23.6 Å². The molecule has 0 radical (unpaired) electrons. The van der Waals surface area contributed by atoms with Crippen molar-refractivity contribution in [1.29, 1.82) is 0 Å². The summed E-state index contributed by atoms with van der Waals surface area (Å²) in [5.74, 6) is -6.34. The zero-order chi connectivity index (χ0) is 34.7. The Morgan fingerprint density at radius 2 is 1.54 bits per heavy atom. The number of aromatic hydroxyl groups is 1. The molecule has 0 spiro atoms. The van der Waals surface area contributed by atoms with E-state index in [1.54, 1.807) is 24.3 Å². The van der Waals surface area contributed by atoms with Crippen molar-refractivity contribution in [1.82, 2.24) is 10.1 Å². The van der Waals surface area contributed by atoms with Gasteiger partial charge >= 0.3 is 0 Å². The molecule has 0 aromatic heterocycles. The lowest BCUT2D eigenvalue weighted by Gasteiger charge is -2.50. The second-order valence-corrected chi connectivity index (χ2v) is 13.6. The summed E-state index contributed by atoms with van der Waals surface area (Å²) in [5.41, 5.74) is 5.68. The van der Waals surface area contributed by atoms with Crippen LogP contribution in [0.3, 0.4) is 0 Å². The number of imide groups is 2. The number of amides is 4. The molecule has 6 atom stereocenters. The fourth-order valence-electron chi connectivity index (χ4n) is 8.67. The van der Waals surface area contributed by atoms with Crippen LogP contribution in [0.15, 0.2) is 115 Å². The molecule has 3 N–H and O–H groups in total. The summed E-state index contributed by atoms with van der Waals surface area (Å²) in [7, 11) is 0. The monoisotopic (exact) mass is 669 g/mol. The van der Waals surface area contributed by atoms with Crippen LogP contribution in [0.4, 0.5) is 5.69 Å². The van der Waals surface area contributed by atoms with Gasteiger partial charge < -0.3 is 9.84 Å². The zero-order valence-corrected chi connectivity index (χ0v) is 27.2. The lowest BCUT2D eigenvalue weighted by molar-refractivity contribution is -0.173. The highest BCUT2D eigenvalue weighted by Crippen LogP contribution is 2.64. The third kappa shape index (κ3) is 4.74. The Morgan fingerprint density at radius 3 is 2.24 bits per heavy atom. The number of hydrogen-bond donors (Lipinski definition) is 3. The predicted octanol–water partition coefficient (Wildman–Crippen LogP) is 5.65. The lowest BCUT2D eigenvalue weighted by Crippen LogP contribution is -2.53. The van der Waals surface area contributed by atoms with Gasteiger partial charge in [-0.15, -0.1) is 0 Å². The second-order valence-electron chi connectivity index (χ2n) is 13.6. The number of ether oxygens (including phenoxy) is 1. The van der Waals surface area contributed by atoms with Gasteiger partial charge in [-0.1, -0.05) is 96.1 Å². The highest BCUT2D eigenvalue weighted by molar-refractivity contribution is 6.13. The summed E-state index contributed by atoms with van der Waals surface area (Å²) >= 11 is 0. The number of hydroxylamine groups is 2. The Morgan fingerprint density at radius 1 is 0.840 bits per heavy atom. The average molecular weight is 670 g/mol. The van der Waals surface area contributed by atoms with Gasteiger partial charge in [0.2, 0.25) is 0 Å². The van der Waals surface area contributed by atoms with Gasteiger partial charge in [0, 0.05) is 17.5 Å². The molecule has 2 aliphatic carbocycles. The first-order chi connectivity index (χ1) is 24.2. The van der Waals surface area contributed by atoms with E-state index in [-0.39, 0.29) is 30.3 Å². The molecule has 50 heavy (non-hydrogen) atoms. The van der Waals surface area contributed by atoms with Gasteiger partial charge in [0.1, 0.15) is 18.1 Å². The van der Waals surface area contributed by atoms with Crippen LogP contribution in [0.5, 0.6) is 11.5 Å². The Hall–Kier alpha value is -5.74. The number of phenolic OH excluding ortho intramolecular Hbond substituents is 1. The third-order valence-corrected chi connectivity index (χ3v) is 10.9. The van der Waals surface area contributed by atoms with Crippen molar-refractivity contribution in [3.8, 4) is 11.5 Å². The molecule has 252 valence electrons. The minimum Gasteiger partial charge on any atom is -0.508 e. The van der Waals surface area contributed by atoms with E-state index in [4.69, 9.17) is 4.74 Å². The van der Waals surface area contributed by atoms with E-state index in [2.05, 4.69) is 5.43 Å². The molecule has 4 aromatic rings. The first-order valence-electron chi connectivity index (χ1n) is 16.7. The maximum absolute atomic E-state index is 15.2. The van der Waals surface area contributed by atoms with Crippen molar-refractivity contribution in [2.75, 3.05) is 5.43 Å². The van der Waals surface area contributed by atoms with Gasteiger partial charge in [-0.05, 0) is 55.0 Å². The molecular weight excluding hydrogens is 634 g/mol. The van der Waals surface area contributed by atoms with Crippen LogP contribution >= 0.6 is 0 Å². The number of aryl methyl sites for hydroxylation is 1. The maximum atomic E-state index is 15.2. The number of benzene rings is 4. The number of carbonyl (C=O) groups is 4. The number of nitrogens with one attached hydrogen (secondary N) is 1. The van der Waals surface area contributed by atoms with Crippen LogP contribution in [-0.4, -0.2) is 44.0 Å². The van der Waals surface area contributed by atoms with Gasteiger partial charge in [0.15, 0.2) is 0 Å². The van der Waals surface area contributed by atoms with Gasteiger partial charge in [-0.2, -0.15) is 10.1 Å². The van der Waals surface area contributed by atoms with E-state index in [1.807, 2.05) is 85.8 Å². The van der Waals surface area contributed by atoms with Crippen molar-refractivity contribution >= 4 is 29.3 Å². The van der Waals surface area contributed by atoms with Crippen LogP contribution in [0.2, 0.25) is 0 Å². The summed E-state index contributed by atoms with van der Waals surface area (Å²) < 4.78 is 6.01. The molecule has 4 amide bonds. The first kappa shape index (κ1) is 31.5. The highest BCUT2D eigenvalue weighted by atomic mass is 16.5. The molecule has 8 rings (SSSR count). The van der Waals surface area contributed by atoms with Crippen molar-refractivity contribution in [3.05, 3.63) is 137 Å². The molecule has 1 saturated carbocycles. The van der Waals surface area contributed by atoms with E-state index < -0.39 is 58.6 Å². The van der Waals surface area contributed by atoms with E-state index in [0.29, 0.717) is 28.1 Å². The minimum atomic E-state index is -1.53. The largest absolute Gasteiger partial charge is 0.508 e. The number of carbonyl (C=O) groups excluding carboxylic acids is 4. The normalized spacial score (nSPS) is 27.1.